The number of likely N-dealkylation sites (tertiary alicyclic amines) is 1. The van der Waals surface area contributed by atoms with Crippen LogP contribution in [0.2, 0.25) is 0 Å². The van der Waals surface area contributed by atoms with E-state index in [4.69, 9.17) is 9.47 Å². The van der Waals surface area contributed by atoms with Crippen molar-refractivity contribution in [2.24, 2.45) is 0 Å². The van der Waals surface area contributed by atoms with Gasteiger partial charge in [0.15, 0.2) is 0 Å². The summed E-state index contributed by atoms with van der Waals surface area (Å²) >= 11 is 0. The van der Waals surface area contributed by atoms with Crippen LogP contribution in [0.5, 0.6) is 11.5 Å². The third-order valence-electron chi connectivity index (χ3n) is 6.96. The average Bonchev–Trinajstić information content (AvgIpc) is 3.16. The number of methoxy groups -OCH3 is 1. The van der Waals surface area contributed by atoms with Gasteiger partial charge in [-0.3, -0.25) is 9.69 Å². The smallest absolute Gasteiger partial charge is 0.259 e. The van der Waals surface area contributed by atoms with E-state index >= 15 is 0 Å². The molecule has 2 heterocycles. The van der Waals surface area contributed by atoms with Crippen LogP contribution in [0.1, 0.15) is 46.8 Å². The lowest BCUT2D eigenvalue weighted by molar-refractivity contribution is 0.0991. The van der Waals surface area contributed by atoms with Gasteiger partial charge in [-0.1, -0.05) is 24.6 Å². The Kier molecular flexibility index (Phi) is 7.00. The molecular weight excluding hydrogens is 443 g/mol. The molecule has 1 saturated heterocycles. The van der Waals surface area contributed by atoms with Gasteiger partial charge in [-0.05, 0) is 92.0 Å². The number of nitrogens with zero attached hydrogens (tertiary/aromatic N) is 2. The maximum Gasteiger partial charge on any atom is 0.259 e. The van der Waals surface area contributed by atoms with Crippen molar-refractivity contribution in [2.75, 3.05) is 38.3 Å². The van der Waals surface area contributed by atoms with Gasteiger partial charge in [0.05, 0.1) is 13.2 Å². The molecule has 182 valence electrons. The second kappa shape index (κ2) is 10.5. The Morgan fingerprint density at radius 1 is 0.914 bits per heavy atom. The number of carbonyl (C=O) groups excluding carboxylic acids is 1. The van der Waals surface area contributed by atoms with Crippen molar-refractivity contribution in [3.05, 3.63) is 89.2 Å². The van der Waals surface area contributed by atoms with Crippen LogP contribution in [-0.2, 0) is 6.42 Å². The van der Waals surface area contributed by atoms with Crippen LogP contribution in [-0.4, -0.2) is 44.2 Å². The van der Waals surface area contributed by atoms with Gasteiger partial charge in [0.2, 0.25) is 0 Å². The Hall–Kier alpha value is -3.38. The fraction of sp³-hybridized carbons (Fsp3) is 0.345. The molecule has 0 spiro atoms. The molecule has 2 aliphatic heterocycles. The average molecular weight is 475 g/mol. The molecule has 0 N–H and O–H groups in total. The van der Waals surface area contributed by atoms with Gasteiger partial charge in [0, 0.05) is 17.8 Å². The number of hydrogen-bond donors (Lipinski definition) is 0. The Morgan fingerprint density at radius 2 is 1.63 bits per heavy atom. The van der Waals surface area contributed by atoms with E-state index in [-0.39, 0.29) is 17.8 Å². The first kappa shape index (κ1) is 23.4. The Morgan fingerprint density at radius 3 is 2.34 bits per heavy atom. The third kappa shape index (κ3) is 5.17. The number of ether oxygens (including phenoxy) is 2. The number of fused-ring (bicyclic) bond motifs is 1. The van der Waals surface area contributed by atoms with Crippen LogP contribution in [0.4, 0.5) is 10.1 Å². The molecule has 3 aromatic rings. The maximum atomic E-state index is 13.6. The van der Waals surface area contributed by atoms with Gasteiger partial charge in [0.25, 0.3) is 5.91 Å². The summed E-state index contributed by atoms with van der Waals surface area (Å²) in [5.74, 6) is 1.07. The van der Waals surface area contributed by atoms with E-state index in [1.807, 2.05) is 24.3 Å². The van der Waals surface area contributed by atoms with E-state index < -0.39 is 0 Å². The van der Waals surface area contributed by atoms with Crippen LogP contribution in [0, 0.1) is 5.82 Å². The first-order valence-electron chi connectivity index (χ1n) is 12.3. The Labute approximate surface area is 206 Å². The molecule has 6 heteroatoms. The zero-order valence-corrected chi connectivity index (χ0v) is 20.1. The molecule has 1 amide bonds. The first-order valence-corrected chi connectivity index (χ1v) is 12.3. The zero-order valence-electron chi connectivity index (χ0n) is 20.1. The van der Waals surface area contributed by atoms with Crippen molar-refractivity contribution in [1.82, 2.24) is 4.90 Å². The predicted octanol–water partition coefficient (Wildman–Crippen LogP) is 5.64. The lowest BCUT2D eigenvalue weighted by Gasteiger charge is -2.26. The third-order valence-corrected chi connectivity index (χ3v) is 6.96. The van der Waals surface area contributed by atoms with Crippen molar-refractivity contribution in [3.63, 3.8) is 0 Å². The van der Waals surface area contributed by atoms with Gasteiger partial charge in [-0.15, -0.1) is 0 Å². The summed E-state index contributed by atoms with van der Waals surface area (Å²) in [5, 5.41) is 0. The van der Waals surface area contributed by atoms with Crippen molar-refractivity contribution in [2.45, 2.75) is 31.7 Å². The molecule has 5 nitrogen and oxygen atoms in total. The number of amides is 1. The van der Waals surface area contributed by atoms with E-state index in [1.165, 1.54) is 44.5 Å². The number of anilines is 1. The van der Waals surface area contributed by atoms with Crippen molar-refractivity contribution < 1.29 is 18.7 Å². The largest absolute Gasteiger partial charge is 0.497 e. The summed E-state index contributed by atoms with van der Waals surface area (Å²) in [5.41, 5.74) is 3.34. The fourth-order valence-electron chi connectivity index (χ4n) is 5.07. The van der Waals surface area contributed by atoms with Crippen molar-refractivity contribution >= 4 is 11.6 Å². The van der Waals surface area contributed by atoms with E-state index in [1.54, 1.807) is 30.2 Å². The molecule has 35 heavy (non-hydrogen) atoms. The summed E-state index contributed by atoms with van der Waals surface area (Å²) in [6.45, 7) is 3.98. The molecule has 0 radical (unpaired) electrons. The Bertz CT molecular complexity index is 1160. The molecule has 0 saturated carbocycles. The lowest BCUT2D eigenvalue weighted by Crippen LogP contribution is -2.33. The highest BCUT2D eigenvalue weighted by molar-refractivity contribution is 6.11. The van der Waals surface area contributed by atoms with Crippen LogP contribution < -0.4 is 14.4 Å². The molecule has 0 aromatic heterocycles. The normalized spacial score (nSPS) is 17.9. The van der Waals surface area contributed by atoms with Crippen molar-refractivity contribution in [3.8, 4) is 11.5 Å². The molecule has 2 aliphatic rings. The van der Waals surface area contributed by atoms with Crippen LogP contribution in [0.3, 0.4) is 0 Å². The number of rotatable bonds is 8. The minimum atomic E-state index is -0.327. The fourth-order valence-corrected chi connectivity index (χ4v) is 5.07. The summed E-state index contributed by atoms with van der Waals surface area (Å²) in [4.78, 5) is 17.6. The summed E-state index contributed by atoms with van der Waals surface area (Å²) in [7, 11) is 1.59. The number of hydrogen-bond acceptors (Lipinski definition) is 4. The monoisotopic (exact) mass is 474 g/mol. The molecule has 5 rings (SSSR count). The molecule has 0 bridgehead atoms. The van der Waals surface area contributed by atoms with Crippen molar-refractivity contribution in [1.29, 1.82) is 0 Å². The van der Waals surface area contributed by atoms with E-state index in [0.29, 0.717) is 30.0 Å². The number of benzene rings is 3. The van der Waals surface area contributed by atoms with Gasteiger partial charge in [-0.2, -0.15) is 0 Å². The van der Waals surface area contributed by atoms with E-state index in [9.17, 15) is 9.18 Å². The molecule has 0 aliphatic carbocycles. The summed E-state index contributed by atoms with van der Waals surface area (Å²) < 4.78 is 24.9. The van der Waals surface area contributed by atoms with Gasteiger partial charge < -0.3 is 14.4 Å². The Balaban J connectivity index is 1.32. The number of halogens is 1. The maximum absolute atomic E-state index is 13.6. The van der Waals surface area contributed by atoms with Gasteiger partial charge >= 0.3 is 0 Å². The molecule has 1 atom stereocenters. The highest BCUT2D eigenvalue weighted by Crippen LogP contribution is 2.41. The summed E-state index contributed by atoms with van der Waals surface area (Å²) in [6.07, 6.45) is 4.53. The lowest BCUT2D eigenvalue weighted by atomic mass is 9.97. The van der Waals surface area contributed by atoms with E-state index in [2.05, 4.69) is 17.0 Å². The van der Waals surface area contributed by atoms with E-state index in [0.717, 1.165) is 23.4 Å². The second-order valence-corrected chi connectivity index (χ2v) is 9.22. The highest BCUT2D eigenvalue weighted by atomic mass is 19.1. The zero-order chi connectivity index (χ0) is 24.2. The first-order chi connectivity index (χ1) is 17.1. The molecule has 1 fully saturated rings. The number of carbonyl (C=O) groups is 1. The SMILES string of the molecule is COc1ccc2c(c1)C(=O)N(c1ccc(F)cc1)C2Cc1ccc(OCCN2CCCCC2)cc1. The minimum absolute atomic E-state index is 0.104. The predicted molar refractivity (Wildman–Crippen MR) is 135 cm³/mol. The standard InChI is InChI=1S/C29H31FN2O3/c1-34-25-13-14-26-27(20-25)29(33)32(23-9-7-22(30)8-10-23)28(26)19-21-5-11-24(12-6-21)35-18-17-31-15-3-2-4-16-31/h5-14,20,28H,2-4,15-19H2,1H3. The van der Waals surface area contributed by atoms with Gasteiger partial charge in [0.1, 0.15) is 23.9 Å². The quantitative estimate of drug-likeness (QED) is 0.424. The van der Waals surface area contributed by atoms with Crippen LogP contribution in [0.25, 0.3) is 0 Å². The number of piperidine rings is 1. The van der Waals surface area contributed by atoms with Gasteiger partial charge in [-0.25, -0.2) is 4.39 Å². The highest BCUT2D eigenvalue weighted by Gasteiger charge is 2.38. The van der Waals surface area contributed by atoms with Crippen LogP contribution >= 0.6 is 0 Å². The summed E-state index contributed by atoms with van der Waals surface area (Å²) in [6, 6.07) is 19.6. The topological polar surface area (TPSA) is 42.0 Å². The molecular formula is C29H31FN2O3. The van der Waals surface area contributed by atoms with Crippen LogP contribution in [0.15, 0.2) is 66.7 Å². The second-order valence-electron chi connectivity index (χ2n) is 9.22. The molecule has 1 unspecified atom stereocenters. The minimum Gasteiger partial charge on any atom is -0.497 e. The molecule has 3 aromatic carbocycles.